The maximum absolute atomic E-state index is 5.56. The Kier molecular flexibility index (Phi) is 3.78. The van der Waals surface area contributed by atoms with Gasteiger partial charge in [0.2, 0.25) is 0 Å². The van der Waals surface area contributed by atoms with Crippen molar-refractivity contribution in [3.63, 3.8) is 0 Å². The molecule has 2 nitrogen and oxygen atoms in total. The molecule has 0 saturated heterocycles. The minimum absolute atomic E-state index is 0.603. The van der Waals surface area contributed by atoms with Crippen LogP contribution in [0.2, 0.25) is 0 Å². The smallest absolute Gasteiger partial charge is 0.0400 e. The van der Waals surface area contributed by atoms with E-state index >= 15 is 0 Å². The van der Waals surface area contributed by atoms with Crippen LogP contribution in [0.5, 0.6) is 0 Å². The molecular weight excluding hydrogens is 208 g/mol. The van der Waals surface area contributed by atoms with E-state index < -0.39 is 0 Å². The predicted molar refractivity (Wildman–Crippen MR) is 72.8 cm³/mol. The Balaban J connectivity index is 1.95. The molecule has 3 N–H and O–H groups in total. The topological polar surface area (TPSA) is 38.0 Å². The van der Waals surface area contributed by atoms with Crippen LogP contribution in [-0.2, 0) is 13.1 Å². The molecule has 0 unspecified atom stereocenters. The van der Waals surface area contributed by atoms with Gasteiger partial charge >= 0.3 is 0 Å². The normalized spacial score (nSPS) is 10.2. The van der Waals surface area contributed by atoms with E-state index in [9.17, 15) is 0 Å². The average Bonchev–Trinajstić information content (AvgIpc) is 2.39. The molecular formula is C15H18N2. The van der Waals surface area contributed by atoms with E-state index in [1.807, 2.05) is 0 Å². The van der Waals surface area contributed by atoms with Gasteiger partial charge in [0.15, 0.2) is 0 Å². The van der Waals surface area contributed by atoms with Gasteiger partial charge in [0, 0.05) is 18.8 Å². The van der Waals surface area contributed by atoms with Gasteiger partial charge in [0.25, 0.3) is 0 Å². The number of nitrogens with one attached hydrogen (secondary N) is 1. The van der Waals surface area contributed by atoms with Crippen molar-refractivity contribution < 1.29 is 0 Å². The van der Waals surface area contributed by atoms with Crippen LogP contribution in [0.25, 0.3) is 0 Å². The van der Waals surface area contributed by atoms with E-state index in [4.69, 9.17) is 5.73 Å². The molecule has 2 heteroatoms. The fourth-order valence-electron chi connectivity index (χ4n) is 1.67. The first kappa shape index (κ1) is 11.7. The van der Waals surface area contributed by atoms with Gasteiger partial charge in [-0.1, -0.05) is 42.0 Å². The Bertz CT molecular complexity index is 457. The first-order valence-corrected chi connectivity index (χ1v) is 5.86. The van der Waals surface area contributed by atoms with Crippen molar-refractivity contribution in [1.29, 1.82) is 0 Å². The van der Waals surface area contributed by atoms with Crippen LogP contribution in [0.15, 0.2) is 48.5 Å². The highest BCUT2D eigenvalue weighted by Gasteiger charge is 1.94. The summed E-state index contributed by atoms with van der Waals surface area (Å²) in [5.41, 5.74) is 10.4. The van der Waals surface area contributed by atoms with Gasteiger partial charge in [0.05, 0.1) is 0 Å². The summed E-state index contributed by atoms with van der Waals surface area (Å²) in [6.07, 6.45) is 0. The highest BCUT2D eigenvalue weighted by atomic mass is 14.9. The predicted octanol–water partition coefficient (Wildman–Crippen LogP) is 3.07. The molecule has 0 aliphatic carbocycles. The van der Waals surface area contributed by atoms with Gasteiger partial charge in [-0.3, -0.25) is 0 Å². The minimum Gasteiger partial charge on any atom is -0.381 e. The summed E-state index contributed by atoms with van der Waals surface area (Å²) in [5, 5.41) is 3.39. The van der Waals surface area contributed by atoms with Crippen molar-refractivity contribution in [2.24, 2.45) is 5.73 Å². The number of rotatable bonds is 4. The summed E-state index contributed by atoms with van der Waals surface area (Å²) in [7, 11) is 0. The molecule has 17 heavy (non-hydrogen) atoms. The van der Waals surface area contributed by atoms with Crippen LogP contribution < -0.4 is 11.1 Å². The van der Waals surface area contributed by atoms with E-state index in [-0.39, 0.29) is 0 Å². The average molecular weight is 226 g/mol. The van der Waals surface area contributed by atoms with E-state index in [2.05, 4.69) is 60.8 Å². The summed E-state index contributed by atoms with van der Waals surface area (Å²) in [6.45, 7) is 3.54. The number of benzene rings is 2. The molecule has 0 aliphatic heterocycles. The fourth-order valence-corrected chi connectivity index (χ4v) is 1.67. The second-order valence-electron chi connectivity index (χ2n) is 4.24. The zero-order valence-corrected chi connectivity index (χ0v) is 10.1. The summed E-state index contributed by atoms with van der Waals surface area (Å²) >= 11 is 0. The van der Waals surface area contributed by atoms with Crippen molar-refractivity contribution in [3.05, 3.63) is 65.2 Å². The van der Waals surface area contributed by atoms with Gasteiger partial charge in [-0.05, 0) is 30.2 Å². The Morgan fingerprint density at radius 1 is 0.882 bits per heavy atom. The molecule has 0 bridgehead atoms. The Morgan fingerprint density at radius 3 is 2.06 bits per heavy atom. The van der Waals surface area contributed by atoms with Gasteiger partial charge < -0.3 is 11.1 Å². The highest BCUT2D eigenvalue weighted by molar-refractivity contribution is 5.45. The maximum atomic E-state index is 5.56. The number of hydrogen-bond acceptors (Lipinski definition) is 2. The SMILES string of the molecule is Cc1ccc(NCc2ccc(CN)cc2)cc1. The molecule has 0 saturated carbocycles. The molecule has 0 atom stereocenters. The van der Waals surface area contributed by atoms with E-state index in [0.717, 1.165) is 12.2 Å². The summed E-state index contributed by atoms with van der Waals surface area (Å²) in [6, 6.07) is 16.8. The molecule has 0 aromatic heterocycles. The summed E-state index contributed by atoms with van der Waals surface area (Å²) in [4.78, 5) is 0. The molecule has 0 aliphatic rings. The standard InChI is InChI=1S/C15H18N2/c1-12-2-8-15(9-3-12)17-11-14-6-4-13(10-16)5-7-14/h2-9,17H,10-11,16H2,1H3. The number of hydrogen-bond donors (Lipinski definition) is 2. The van der Waals surface area contributed by atoms with Gasteiger partial charge in [-0.25, -0.2) is 0 Å². The molecule has 0 heterocycles. The van der Waals surface area contributed by atoms with Gasteiger partial charge in [-0.2, -0.15) is 0 Å². The van der Waals surface area contributed by atoms with Crippen molar-refractivity contribution in [1.82, 2.24) is 0 Å². The van der Waals surface area contributed by atoms with Crippen LogP contribution in [-0.4, -0.2) is 0 Å². The molecule has 2 rings (SSSR count). The molecule has 0 fully saturated rings. The van der Waals surface area contributed by atoms with Gasteiger partial charge in [-0.15, -0.1) is 0 Å². The van der Waals surface area contributed by atoms with Crippen LogP contribution in [0, 0.1) is 6.92 Å². The second kappa shape index (κ2) is 5.51. The Labute approximate surface area is 102 Å². The zero-order valence-electron chi connectivity index (χ0n) is 10.1. The number of aryl methyl sites for hydroxylation is 1. The third kappa shape index (κ3) is 3.33. The zero-order chi connectivity index (χ0) is 12.1. The molecule has 88 valence electrons. The lowest BCUT2D eigenvalue weighted by Gasteiger charge is -2.07. The molecule has 2 aromatic carbocycles. The van der Waals surface area contributed by atoms with Crippen molar-refractivity contribution in [2.75, 3.05) is 5.32 Å². The maximum Gasteiger partial charge on any atom is 0.0400 e. The number of anilines is 1. The minimum atomic E-state index is 0.603. The van der Waals surface area contributed by atoms with Crippen LogP contribution in [0.4, 0.5) is 5.69 Å². The van der Waals surface area contributed by atoms with E-state index in [1.54, 1.807) is 0 Å². The van der Waals surface area contributed by atoms with Crippen molar-refractivity contribution in [3.8, 4) is 0 Å². The third-order valence-corrected chi connectivity index (χ3v) is 2.81. The van der Waals surface area contributed by atoms with Crippen LogP contribution >= 0.6 is 0 Å². The highest BCUT2D eigenvalue weighted by Crippen LogP contribution is 2.11. The monoisotopic (exact) mass is 226 g/mol. The molecule has 2 aromatic rings. The van der Waals surface area contributed by atoms with Crippen LogP contribution in [0.3, 0.4) is 0 Å². The Morgan fingerprint density at radius 2 is 1.47 bits per heavy atom. The quantitative estimate of drug-likeness (QED) is 0.840. The molecule has 0 spiro atoms. The summed E-state index contributed by atoms with van der Waals surface area (Å²) < 4.78 is 0. The lowest BCUT2D eigenvalue weighted by Crippen LogP contribution is -2.00. The van der Waals surface area contributed by atoms with E-state index in [0.29, 0.717) is 6.54 Å². The fraction of sp³-hybridized carbons (Fsp3) is 0.200. The first-order valence-electron chi connectivity index (χ1n) is 5.86. The van der Waals surface area contributed by atoms with Crippen molar-refractivity contribution in [2.45, 2.75) is 20.0 Å². The third-order valence-electron chi connectivity index (χ3n) is 2.81. The number of nitrogens with two attached hydrogens (primary N) is 1. The largest absolute Gasteiger partial charge is 0.381 e. The molecule has 0 radical (unpaired) electrons. The summed E-state index contributed by atoms with van der Waals surface area (Å²) in [5.74, 6) is 0. The van der Waals surface area contributed by atoms with E-state index in [1.165, 1.54) is 16.7 Å². The van der Waals surface area contributed by atoms with Gasteiger partial charge in [0.1, 0.15) is 0 Å². The second-order valence-corrected chi connectivity index (χ2v) is 4.24. The lowest BCUT2D eigenvalue weighted by atomic mass is 10.1. The van der Waals surface area contributed by atoms with Crippen LogP contribution in [0.1, 0.15) is 16.7 Å². The van der Waals surface area contributed by atoms with Crippen molar-refractivity contribution >= 4 is 5.69 Å². The Hall–Kier alpha value is -1.80. The first-order chi connectivity index (χ1) is 8.28. The lowest BCUT2D eigenvalue weighted by molar-refractivity contribution is 1.06. The molecule has 0 amide bonds.